The minimum atomic E-state index is -0.743. The van der Waals surface area contributed by atoms with Crippen molar-refractivity contribution in [3.8, 4) is 0 Å². The third-order valence-corrected chi connectivity index (χ3v) is 8.62. The number of rotatable bonds is 9. The van der Waals surface area contributed by atoms with Crippen LogP contribution in [0.2, 0.25) is 0 Å². The molecule has 1 unspecified atom stereocenters. The van der Waals surface area contributed by atoms with Crippen LogP contribution in [0.4, 0.5) is 21.9 Å². The number of hydrogen-bond donors (Lipinski definition) is 1. The van der Waals surface area contributed by atoms with Crippen LogP contribution in [0, 0.1) is 0 Å². The normalized spacial score (nSPS) is 15.8. The second-order valence-corrected chi connectivity index (χ2v) is 11.7. The molecule has 0 aromatic heterocycles. The van der Waals surface area contributed by atoms with Crippen molar-refractivity contribution in [1.82, 2.24) is 9.62 Å². The molecule has 3 aromatic rings. The van der Waals surface area contributed by atoms with E-state index in [1.54, 1.807) is 23.8 Å². The Morgan fingerprint density at radius 3 is 2.46 bits per heavy atom. The van der Waals surface area contributed by atoms with Gasteiger partial charge in [0.05, 0.1) is 6.61 Å². The topological polar surface area (TPSA) is 68.4 Å². The average Bonchev–Trinajstić information content (AvgIpc) is 3.41. The number of amides is 2. The van der Waals surface area contributed by atoms with Gasteiger partial charge in [0.1, 0.15) is 6.04 Å². The third kappa shape index (κ3) is 7.15. The number of nitrogens with one attached hydrogen (secondary N) is 1. The van der Waals surface area contributed by atoms with Crippen LogP contribution in [0.25, 0.3) is 0 Å². The Kier molecular flexibility index (Phi) is 9.36. The second-order valence-electron chi connectivity index (χ2n) is 10.6. The zero-order valence-electron chi connectivity index (χ0n) is 24.1. The van der Waals surface area contributed by atoms with Crippen molar-refractivity contribution in [2.75, 3.05) is 68.1 Å². The van der Waals surface area contributed by atoms with Gasteiger partial charge in [-0.15, -0.1) is 0 Å². The van der Waals surface area contributed by atoms with Gasteiger partial charge >= 0.3 is 12.0 Å². The van der Waals surface area contributed by atoms with Gasteiger partial charge in [0.2, 0.25) is 0 Å². The Morgan fingerprint density at radius 1 is 0.951 bits per heavy atom. The number of carbonyl (C=O) groups excluding carboxylic acids is 2. The van der Waals surface area contributed by atoms with E-state index in [2.05, 4.69) is 69.9 Å². The number of esters is 1. The van der Waals surface area contributed by atoms with E-state index >= 15 is 0 Å². The fourth-order valence-corrected chi connectivity index (χ4v) is 6.28. The van der Waals surface area contributed by atoms with Crippen molar-refractivity contribution >= 4 is 41.0 Å². The van der Waals surface area contributed by atoms with Crippen molar-refractivity contribution < 1.29 is 14.3 Å². The Hall–Kier alpha value is -3.69. The first-order chi connectivity index (χ1) is 19.9. The van der Waals surface area contributed by atoms with Gasteiger partial charge in [0.15, 0.2) is 0 Å². The lowest BCUT2D eigenvalue weighted by Crippen LogP contribution is -2.49. The first-order valence-electron chi connectivity index (χ1n) is 14.3. The molecule has 1 saturated heterocycles. The molecule has 9 heteroatoms. The molecule has 5 rings (SSSR count). The molecular weight excluding hydrogens is 534 g/mol. The molecule has 0 saturated carbocycles. The molecule has 2 heterocycles. The summed E-state index contributed by atoms with van der Waals surface area (Å²) in [5.41, 5.74) is 5.51. The van der Waals surface area contributed by atoms with Crippen molar-refractivity contribution in [2.45, 2.75) is 30.7 Å². The Labute approximate surface area is 247 Å². The first kappa shape index (κ1) is 28.8. The monoisotopic (exact) mass is 573 g/mol. The van der Waals surface area contributed by atoms with E-state index < -0.39 is 12.0 Å². The van der Waals surface area contributed by atoms with Crippen LogP contribution >= 0.6 is 11.9 Å². The highest BCUT2D eigenvalue weighted by molar-refractivity contribution is 7.97. The molecule has 1 fully saturated rings. The molecule has 1 atom stereocenters. The van der Waals surface area contributed by atoms with E-state index in [0.717, 1.165) is 49.4 Å². The van der Waals surface area contributed by atoms with Gasteiger partial charge in [-0.25, -0.2) is 13.9 Å². The summed E-state index contributed by atoms with van der Waals surface area (Å²) in [6, 6.07) is 23.7. The number of anilines is 3. The number of hydrogen-bond acceptors (Lipinski definition) is 7. The zero-order valence-corrected chi connectivity index (χ0v) is 24.9. The number of carbonyl (C=O) groups is 2. The highest BCUT2D eigenvalue weighted by atomic mass is 32.2. The summed E-state index contributed by atoms with van der Waals surface area (Å²) in [6.07, 6.45) is 1.17. The lowest BCUT2D eigenvalue weighted by Gasteiger charge is -2.35. The first-order valence-corrected chi connectivity index (χ1v) is 15.1. The summed E-state index contributed by atoms with van der Waals surface area (Å²) in [4.78, 5) is 33.5. The van der Waals surface area contributed by atoms with Crippen LogP contribution in [0.5, 0.6) is 0 Å². The van der Waals surface area contributed by atoms with E-state index in [9.17, 15) is 9.59 Å². The highest BCUT2D eigenvalue weighted by Crippen LogP contribution is 2.34. The zero-order chi connectivity index (χ0) is 28.8. The maximum Gasteiger partial charge on any atom is 0.329 e. The Morgan fingerprint density at radius 2 is 1.73 bits per heavy atom. The van der Waals surface area contributed by atoms with E-state index in [4.69, 9.17) is 4.74 Å². The van der Waals surface area contributed by atoms with Crippen LogP contribution in [0.15, 0.2) is 77.7 Å². The third-order valence-electron chi connectivity index (χ3n) is 7.53. The number of nitrogens with zero attached hydrogens (tertiary/aromatic N) is 4. The molecule has 8 nitrogen and oxygen atoms in total. The van der Waals surface area contributed by atoms with E-state index in [1.165, 1.54) is 16.3 Å². The largest absolute Gasteiger partial charge is 0.464 e. The van der Waals surface area contributed by atoms with Gasteiger partial charge in [0.25, 0.3) is 0 Å². The Balaban J connectivity index is 1.18. The van der Waals surface area contributed by atoms with Gasteiger partial charge < -0.3 is 19.9 Å². The summed E-state index contributed by atoms with van der Waals surface area (Å²) in [5.74, 6) is -0.415. The molecule has 2 aliphatic heterocycles. The fraction of sp³-hybridized carbons (Fsp3) is 0.375. The number of fused-ring (bicyclic) bond motifs is 1. The maximum absolute atomic E-state index is 13.3. The molecular formula is C32H39N5O3S. The van der Waals surface area contributed by atoms with Gasteiger partial charge in [0, 0.05) is 75.2 Å². The summed E-state index contributed by atoms with van der Waals surface area (Å²) >= 11 is 1.78. The van der Waals surface area contributed by atoms with Crippen molar-refractivity contribution in [1.29, 1.82) is 0 Å². The quantitative estimate of drug-likeness (QED) is 0.291. The second kappa shape index (κ2) is 13.3. The van der Waals surface area contributed by atoms with Crippen molar-refractivity contribution in [3.05, 3.63) is 83.9 Å². The van der Waals surface area contributed by atoms with Crippen LogP contribution < -0.4 is 20.0 Å². The van der Waals surface area contributed by atoms with E-state index in [1.807, 2.05) is 36.4 Å². The molecule has 0 bridgehead atoms. The van der Waals surface area contributed by atoms with Crippen molar-refractivity contribution in [3.63, 3.8) is 0 Å². The molecule has 2 aliphatic rings. The lowest BCUT2D eigenvalue weighted by molar-refractivity contribution is -0.145. The minimum Gasteiger partial charge on any atom is -0.464 e. The van der Waals surface area contributed by atoms with Crippen molar-refractivity contribution in [2.24, 2.45) is 0 Å². The van der Waals surface area contributed by atoms with E-state index in [0.29, 0.717) is 13.0 Å². The maximum atomic E-state index is 13.3. The standard InChI is InChI=1S/C32H39N5O3S/c1-4-40-31(38)29(21-24-9-6-5-7-10-24)33-32(39)37-16-15-25-22-28(13-14-30(25)37)41-36-19-17-35(18-20-36)27-12-8-11-26(23-27)34(2)3/h5-14,22-23,29H,4,15-21H2,1-3H3,(H,33,39). The minimum absolute atomic E-state index is 0.270. The van der Waals surface area contributed by atoms with Gasteiger partial charge in [-0.3, -0.25) is 4.90 Å². The summed E-state index contributed by atoms with van der Waals surface area (Å²) in [5, 5.41) is 2.93. The predicted molar refractivity (Wildman–Crippen MR) is 167 cm³/mol. The molecule has 41 heavy (non-hydrogen) atoms. The molecule has 3 aromatic carbocycles. The van der Waals surface area contributed by atoms with Crippen LogP contribution in [0.3, 0.4) is 0 Å². The Bertz CT molecular complexity index is 1340. The van der Waals surface area contributed by atoms with Crippen LogP contribution in [-0.4, -0.2) is 75.8 Å². The highest BCUT2D eigenvalue weighted by Gasteiger charge is 2.30. The number of benzene rings is 3. The lowest BCUT2D eigenvalue weighted by atomic mass is 10.1. The molecule has 0 spiro atoms. The van der Waals surface area contributed by atoms with Gasteiger partial charge in [-0.2, -0.15) is 0 Å². The van der Waals surface area contributed by atoms with Gasteiger partial charge in [-0.1, -0.05) is 36.4 Å². The predicted octanol–water partition coefficient (Wildman–Crippen LogP) is 4.83. The number of ether oxygens (including phenoxy) is 1. The van der Waals surface area contributed by atoms with E-state index in [-0.39, 0.29) is 12.6 Å². The summed E-state index contributed by atoms with van der Waals surface area (Å²) in [7, 11) is 4.14. The number of urea groups is 1. The smallest absolute Gasteiger partial charge is 0.329 e. The number of piperazine rings is 1. The fourth-order valence-electron chi connectivity index (χ4n) is 5.31. The van der Waals surface area contributed by atoms with Crippen LogP contribution in [-0.2, 0) is 22.4 Å². The van der Waals surface area contributed by atoms with Crippen LogP contribution in [0.1, 0.15) is 18.1 Å². The summed E-state index contributed by atoms with van der Waals surface area (Å²) < 4.78 is 7.68. The van der Waals surface area contributed by atoms with Gasteiger partial charge in [-0.05, 0) is 72.8 Å². The average molecular weight is 574 g/mol. The molecule has 216 valence electrons. The SMILES string of the molecule is CCOC(=O)C(Cc1ccccc1)NC(=O)N1CCc2cc(SN3CCN(c4cccc(N(C)C)c4)CC3)ccc21. The molecule has 0 aliphatic carbocycles. The molecule has 2 amide bonds. The molecule has 1 N–H and O–H groups in total. The molecule has 0 radical (unpaired) electrons. The summed E-state index contributed by atoms with van der Waals surface area (Å²) in [6.45, 7) is 6.53.